The molecule has 0 N–H and O–H groups in total. The standard InChI is InChI=1S/C9H14O/c10-9-7-4-2-1-3-5-8(9)6-7/h7-8H,1-6H2. The zero-order valence-corrected chi connectivity index (χ0v) is 6.31. The maximum absolute atomic E-state index is 11.2. The fourth-order valence-corrected chi connectivity index (χ4v) is 2.23. The number of carbonyl (C=O) groups excluding carboxylic acids is 1. The predicted octanol–water partition coefficient (Wildman–Crippen LogP) is 2.16. The summed E-state index contributed by atoms with van der Waals surface area (Å²) in [5.74, 6) is 1.57. The third-order valence-electron chi connectivity index (χ3n) is 2.98. The molecule has 0 saturated heterocycles. The van der Waals surface area contributed by atoms with Crippen LogP contribution in [0.15, 0.2) is 0 Å². The number of ketones is 1. The van der Waals surface area contributed by atoms with Gasteiger partial charge in [0, 0.05) is 11.8 Å². The lowest BCUT2D eigenvalue weighted by atomic mass is 9.67. The Kier molecular flexibility index (Phi) is 1.51. The minimum absolute atomic E-state index is 0.491. The van der Waals surface area contributed by atoms with Gasteiger partial charge in [-0.05, 0) is 19.3 Å². The molecule has 2 unspecified atom stereocenters. The summed E-state index contributed by atoms with van der Waals surface area (Å²) in [6.07, 6.45) is 7.55. The molecule has 3 rings (SSSR count). The van der Waals surface area contributed by atoms with Gasteiger partial charge in [0.15, 0.2) is 0 Å². The summed E-state index contributed by atoms with van der Waals surface area (Å²) < 4.78 is 0. The lowest BCUT2D eigenvalue weighted by Crippen LogP contribution is -2.37. The molecule has 1 heteroatoms. The second-order valence-corrected chi connectivity index (χ2v) is 3.67. The third-order valence-corrected chi connectivity index (χ3v) is 2.98. The van der Waals surface area contributed by atoms with Crippen molar-refractivity contribution in [1.82, 2.24) is 0 Å². The first-order valence-electron chi connectivity index (χ1n) is 4.41. The summed E-state index contributed by atoms with van der Waals surface area (Å²) in [4.78, 5) is 11.2. The van der Waals surface area contributed by atoms with Crippen molar-refractivity contribution in [3.8, 4) is 0 Å². The van der Waals surface area contributed by atoms with E-state index < -0.39 is 0 Å². The smallest absolute Gasteiger partial charge is 0.139 e. The van der Waals surface area contributed by atoms with Gasteiger partial charge in [0.05, 0.1) is 0 Å². The van der Waals surface area contributed by atoms with Gasteiger partial charge in [-0.3, -0.25) is 4.79 Å². The maximum atomic E-state index is 11.2. The second kappa shape index (κ2) is 2.37. The van der Waals surface area contributed by atoms with E-state index in [0.717, 1.165) is 0 Å². The summed E-state index contributed by atoms with van der Waals surface area (Å²) in [6.45, 7) is 0. The monoisotopic (exact) mass is 138 g/mol. The molecule has 56 valence electrons. The van der Waals surface area contributed by atoms with E-state index in [-0.39, 0.29) is 0 Å². The molecular formula is C9H14O. The fraction of sp³-hybridized carbons (Fsp3) is 0.889. The van der Waals surface area contributed by atoms with E-state index in [1.54, 1.807) is 0 Å². The lowest BCUT2D eigenvalue weighted by molar-refractivity contribution is -0.137. The van der Waals surface area contributed by atoms with Crippen molar-refractivity contribution >= 4 is 5.78 Å². The van der Waals surface area contributed by atoms with Crippen LogP contribution in [0.25, 0.3) is 0 Å². The minimum Gasteiger partial charge on any atom is -0.299 e. The van der Waals surface area contributed by atoms with Gasteiger partial charge in [-0.1, -0.05) is 19.3 Å². The highest BCUT2D eigenvalue weighted by molar-refractivity contribution is 5.89. The van der Waals surface area contributed by atoms with Gasteiger partial charge in [-0.25, -0.2) is 0 Å². The van der Waals surface area contributed by atoms with Crippen LogP contribution in [0.3, 0.4) is 0 Å². The number of hydrogen-bond donors (Lipinski definition) is 0. The van der Waals surface area contributed by atoms with Crippen LogP contribution in [-0.4, -0.2) is 5.78 Å². The van der Waals surface area contributed by atoms with Crippen molar-refractivity contribution in [2.45, 2.75) is 38.5 Å². The molecule has 3 aliphatic carbocycles. The average molecular weight is 138 g/mol. The first-order chi connectivity index (χ1) is 4.88. The van der Waals surface area contributed by atoms with Crippen LogP contribution in [0.2, 0.25) is 0 Å². The van der Waals surface area contributed by atoms with E-state index in [0.29, 0.717) is 17.6 Å². The summed E-state index contributed by atoms with van der Waals surface area (Å²) >= 11 is 0. The quantitative estimate of drug-likeness (QED) is 0.501. The van der Waals surface area contributed by atoms with Crippen LogP contribution in [-0.2, 0) is 4.79 Å². The van der Waals surface area contributed by atoms with E-state index in [1.165, 1.54) is 38.5 Å². The Labute approximate surface area is 61.8 Å². The molecule has 0 spiro atoms. The molecule has 0 aliphatic heterocycles. The van der Waals surface area contributed by atoms with E-state index in [2.05, 4.69) is 0 Å². The Morgan fingerprint density at radius 2 is 1.60 bits per heavy atom. The zero-order chi connectivity index (χ0) is 6.97. The Morgan fingerprint density at radius 3 is 2.10 bits per heavy atom. The first-order valence-corrected chi connectivity index (χ1v) is 4.41. The van der Waals surface area contributed by atoms with Crippen LogP contribution < -0.4 is 0 Å². The molecule has 2 bridgehead atoms. The SMILES string of the molecule is O=C1C2CCCCCC1C2. The van der Waals surface area contributed by atoms with E-state index >= 15 is 0 Å². The van der Waals surface area contributed by atoms with Crippen LogP contribution in [0.5, 0.6) is 0 Å². The lowest BCUT2D eigenvalue weighted by Gasteiger charge is -2.35. The second-order valence-electron chi connectivity index (χ2n) is 3.67. The summed E-state index contributed by atoms with van der Waals surface area (Å²) in [5, 5.41) is 0. The molecule has 0 heterocycles. The normalized spacial score (nSPS) is 39.8. The molecule has 0 amide bonds. The largest absolute Gasteiger partial charge is 0.299 e. The molecule has 0 aromatic heterocycles. The Balaban J connectivity index is 1.98. The first kappa shape index (κ1) is 6.38. The number of Topliss-reactive ketones (excluding diaryl/α,β-unsaturated/α-hetero) is 1. The number of hydrogen-bond acceptors (Lipinski definition) is 1. The van der Waals surface area contributed by atoms with Crippen LogP contribution in [0, 0.1) is 11.8 Å². The third kappa shape index (κ3) is 0.882. The highest BCUT2D eigenvalue weighted by atomic mass is 16.1. The summed E-state index contributed by atoms with van der Waals surface area (Å²) in [5.41, 5.74) is 0. The van der Waals surface area contributed by atoms with E-state index in [9.17, 15) is 4.79 Å². The molecule has 2 atom stereocenters. The van der Waals surface area contributed by atoms with Crippen LogP contribution in [0.1, 0.15) is 38.5 Å². The van der Waals surface area contributed by atoms with Gasteiger partial charge in [0.2, 0.25) is 0 Å². The number of carbonyl (C=O) groups is 1. The highest BCUT2D eigenvalue weighted by Crippen LogP contribution is 2.38. The van der Waals surface area contributed by atoms with Crippen molar-refractivity contribution in [2.24, 2.45) is 11.8 Å². The van der Waals surface area contributed by atoms with E-state index in [1.807, 2.05) is 0 Å². The Bertz CT molecular complexity index is 133. The van der Waals surface area contributed by atoms with Crippen molar-refractivity contribution < 1.29 is 4.79 Å². The Hall–Kier alpha value is -0.330. The summed E-state index contributed by atoms with van der Waals surface area (Å²) in [6, 6.07) is 0. The van der Waals surface area contributed by atoms with Crippen molar-refractivity contribution in [2.75, 3.05) is 0 Å². The minimum atomic E-state index is 0.491. The molecule has 0 radical (unpaired) electrons. The van der Waals surface area contributed by atoms with Gasteiger partial charge < -0.3 is 0 Å². The maximum Gasteiger partial charge on any atom is 0.139 e. The average Bonchev–Trinajstić information content (AvgIpc) is 1.84. The molecular weight excluding hydrogens is 124 g/mol. The van der Waals surface area contributed by atoms with Gasteiger partial charge in [-0.15, -0.1) is 0 Å². The van der Waals surface area contributed by atoms with Crippen molar-refractivity contribution in [1.29, 1.82) is 0 Å². The topological polar surface area (TPSA) is 17.1 Å². The number of fused-ring (bicyclic) bond motifs is 4. The molecule has 1 nitrogen and oxygen atoms in total. The van der Waals surface area contributed by atoms with Crippen molar-refractivity contribution in [3.63, 3.8) is 0 Å². The molecule has 3 aliphatic rings. The molecule has 0 aromatic carbocycles. The zero-order valence-electron chi connectivity index (χ0n) is 6.31. The molecule has 3 saturated carbocycles. The predicted molar refractivity (Wildman–Crippen MR) is 39.7 cm³/mol. The highest BCUT2D eigenvalue weighted by Gasteiger charge is 2.38. The van der Waals surface area contributed by atoms with Gasteiger partial charge in [0.25, 0.3) is 0 Å². The Morgan fingerprint density at radius 1 is 1.00 bits per heavy atom. The molecule has 10 heavy (non-hydrogen) atoms. The van der Waals surface area contributed by atoms with Crippen LogP contribution >= 0.6 is 0 Å². The molecule has 0 aromatic rings. The summed E-state index contributed by atoms with van der Waals surface area (Å²) in [7, 11) is 0. The van der Waals surface area contributed by atoms with E-state index in [4.69, 9.17) is 0 Å². The van der Waals surface area contributed by atoms with Gasteiger partial charge >= 0.3 is 0 Å². The van der Waals surface area contributed by atoms with Crippen molar-refractivity contribution in [3.05, 3.63) is 0 Å². The van der Waals surface area contributed by atoms with Gasteiger partial charge in [-0.2, -0.15) is 0 Å². The van der Waals surface area contributed by atoms with Gasteiger partial charge in [0.1, 0.15) is 5.78 Å². The molecule has 3 fully saturated rings. The fourth-order valence-electron chi connectivity index (χ4n) is 2.23. The van der Waals surface area contributed by atoms with Crippen LogP contribution in [0.4, 0.5) is 0 Å². The number of rotatable bonds is 0.